The highest BCUT2D eigenvalue weighted by atomic mass is 32.2. The van der Waals surface area contributed by atoms with E-state index in [0.29, 0.717) is 6.54 Å². The molecule has 1 aliphatic heterocycles. The monoisotopic (exact) mass is 259 g/mol. The summed E-state index contributed by atoms with van der Waals surface area (Å²) in [6, 6.07) is -0.297. The van der Waals surface area contributed by atoms with E-state index in [1.165, 1.54) is 21.4 Å². The highest BCUT2D eigenvalue weighted by Gasteiger charge is 2.33. The Morgan fingerprint density at radius 1 is 1.53 bits per heavy atom. The minimum Gasteiger partial charge on any atom is -0.395 e. The van der Waals surface area contributed by atoms with Crippen LogP contribution >= 0.6 is 0 Å². The first-order chi connectivity index (χ1) is 8.05. The van der Waals surface area contributed by atoms with Crippen molar-refractivity contribution in [2.24, 2.45) is 7.05 Å². The summed E-state index contributed by atoms with van der Waals surface area (Å²) in [5.41, 5.74) is 0. The number of aromatic nitrogens is 2. The number of hydrogen-bond donors (Lipinski definition) is 1. The first-order valence-electron chi connectivity index (χ1n) is 5.67. The molecule has 0 amide bonds. The molecule has 1 aromatic heterocycles. The lowest BCUT2D eigenvalue weighted by Gasteiger charge is -2.32. The van der Waals surface area contributed by atoms with Crippen LogP contribution in [0.5, 0.6) is 0 Å². The van der Waals surface area contributed by atoms with Gasteiger partial charge in [0.05, 0.1) is 12.8 Å². The Bertz CT molecular complexity index is 483. The van der Waals surface area contributed by atoms with Gasteiger partial charge in [-0.15, -0.1) is 0 Å². The predicted molar refractivity (Wildman–Crippen MR) is 61.8 cm³/mol. The van der Waals surface area contributed by atoms with E-state index in [4.69, 9.17) is 0 Å². The molecule has 1 atom stereocenters. The second-order valence-corrected chi connectivity index (χ2v) is 6.19. The first-order valence-corrected chi connectivity index (χ1v) is 7.11. The summed E-state index contributed by atoms with van der Waals surface area (Å²) >= 11 is 0. The van der Waals surface area contributed by atoms with Crippen molar-refractivity contribution in [1.82, 2.24) is 14.1 Å². The zero-order valence-corrected chi connectivity index (χ0v) is 10.6. The van der Waals surface area contributed by atoms with Gasteiger partial charge < -0.3 is 5.11 Å². The minimum atomic E-state index is -3.51. The lowest BCUT2D eigenvalue weighted by Crippen LogP contribution is -2.45. The molecule has 0 spiro atoms. The quantitative estimate of drug-likeness (QED) is 0.826. The van der Waals surface area contributed by atoms with Crippen LogP contribution < -0.4 is 0 Å². The first kappa shape index (κ1) is 12.5. The van der Waals surface area contributed by atoms with Gasteiger partial charge in [0.15, 0.2) is 0 Å². The van der Waals surface area contributed by atoms with Gasteiger partial charge >= 0.3 is 0 Å². The Labute approximate surface area is 101 Å². The molecule has 0 radical (unpaired) electrons. The molecular formula is C10H17N3O3S. The van der Waals surface area contributed by atoms with Gasteiger partial charge in [0.2, 0.25) is 10.0 Å². The highest BCUT2D eigenvalue weighted by Crippen LogP contribution is 2.24. The Morgan fingerprint density at radius 2 is 2.29 bits per heavy atom. The van der Waals surface area contributed by atoms with Gasteiger partial charge in [-0.25, -0.2) is 8.42 Å². The van der Waals surface area contributed by atoms with E-state index in [0.717, 1.165) is 19.3 Å². The third-order valence-electron chi connectivity index (χ3n) is 3.07. The molecule has 2 heterocycles. The molecule has 0 aromatic carbocycles. The molecule has 0 bridgehead atoms. The van der Waals surface area contributed by atoms with Crippen LogP contribution in [0.3, 0.4) is 0 Å². The van der Waals surface area contributed by atoms with Crippen LogP contribution in [0, 0.1) is 0 Å². The standard InChI is InChI=1S/C10H17N3O3S/c1-12-7-10(6-11-12)17(15,16)13-5-3-2-4-9(13)8-14/h6-7,9,14H,2-5,8H2,1H3. The van der Waals surface area contributed by atoms with E-state index in [2.05, 4.69) is 5.10 Å². The molecule has 0 aliphatic carbocycles. The molecule has 7 heteroatoms. The highest BCUT2D eigenvalue weighted by molar-refractivity contribution is 7.89. The van der Waals surface area contributed by atoms with Crippen molar-refractivity contribution < 1.29 is 13.5 Å². The number of aliphatic hydroxyl groups is 1. The van der Waals surface area contributed by atoms with Crippen molar-refractivity contribution >= 4 is 10.0 Å². The lowest BCUT2D eigenvalue weighted by molar-refractivity contribution is 0.155. The SMILES string of the molecule is Cn1cc(S(=O)(=O)N2CCCCC2CO)cn1. The molecule has 1 aliphatic rings. The summed E-state index contributed by atoms with van der Waals surface area (Å²) in [5, 5.41) is 13.1. The minimum absolute atomic E-state index is 0.126. The average Bonchev–Trinajstić information content (AvgIpc) is 2.76. The molecule has 1 aromatic rings. The second-order valence-electron chi connectivity index (χ2n) is 4.30. The zero-order valence-electron chi connectivity index (χ0n) is 9.78. The molecule has 1 fully saturated rings. The lowest BCUT2D eigenvalue weighted by atomic mass is 10.1. The maximum atomic E-state index is 12.3. The fourth-order valence-corrected chi connectivity index (χ4v) is 3.81. The Balaban J connectivity index is 2.30. The third-order valence-corrected chi connectivity index (χ3v) is 4.98. The summed E-state index contributed by atoms with van der Waals surface area (Å²) in [5.74, 6) is 0. The topological polar surface area (TPSA) is 75.4 Å². The van der Waals surface area contributed by atoms with E-state index < -0.39 is 10.0 Å². The molecule has 1 N–H and O–H groups in total. The molecule has 2 rings (SSSR count). The van der Waals surface area contributed by atoms with Gasteiger partial charge in [-0.05, 0) is 12.8 Å². The fraction of sp³-hybridized carbons (Fsp3) is 0.700. The molecule has 6 nitrogen and oxygen atoms in total. The maximum Gasteiger partial charge on any atom is 0.246 e. The van der Waals surface area contributed by atoms with E-state index in [-0.39, 0.29) is 17.5 Å². The van der Waals surface area contributed by atoms with Crippen LogP contribution in [0.4, 0.5) is 0 Å². The summed E-state index contributed by atoms with van der Waals surface area (Å²) in [6.07, 6.45) is 5.35. The summed E-state index contributed by atoms with van der Waals surface area (Å²) < 4.78 is 27.5. The van der Waals surface area contributed by atoms with Crippen LogP contribution in [0.2, 0.25) is 0 Å². The third kappa shape index (κ3) is 2.36. The van der Waals surface area contributed by atoms with Crippen LogP contribution in [0.25, 0.3) is 0 Å². The summed E-state index contributed by atoms with van der Waals surface area (Å²) in [6.45, 7) is 0.349. The van der Waals surface area contributed by atoms with Crippen molar-refractivity contribution in [3.8, 4) is 0 Å². The molecular weight excluding hydrogens is 242 g/mol. The molecule has 1 saturated heterocycles. The van der Waals surface area contributed by atoms with Crippen LogP contribution in [-0.4, -0.2) is 46.8 Å². The smallest absolute Gasteiger partial charge is 0.246 e. The number of sulfonamides is 1. The fourth-order valence-electron chi connectivity index (χ4n) is 2.14. The van der Waals surface area contributed by atoms with Gasteiger partial charge in [0, 0.05) is 25.8 Å². The number of rotatable bonds is 3. The van der Waals surface area contributed by atoms with Crippen molar-refractivity contribution in [1.29, 1.82) is 0 Å². The van der Waals surface area contributed by atoms with Gasteiger partial charge in [0.25, 0.3) is 0 Å². The average molecular weight is 259 g/mol. The number of nitrogens with zero attached hydrogens (tertiary/aromatic N) is 3. The second kappa shape index (κ2) is 4.75. The van der Waals surface area contributed by atoms with Gasteiger partial charge in [-0.1, -0.05) is 6.42 Å². The predicted octanol–water partition coefficient (Wildman–Crippen LogP) is -0.0444. The van der Waals surface area contributed by atoms with E-state index in [1.54, 1.807) is 7.05 Å². The van der Waals surface area contributed by atoms with Crippen LogP contribution in [0.15, 0.2) is 17.3 Å². The largest absolute Gasteiger partial charge is 0.395 e. The summed E-state index contributed by atoms with van der Waals surface area (Å²) in [7, 11) is -1.83. The van der Waals surface area contributed by atoms with Gasteiger partial charge in [0.1, 0.15) is 4.90 Å². The Kier molecular flexibility index (Phi) is 3.50. The van der Waals surface area contributed by atoms with E-state index in [9.17, 15) is 13.5 Å². The van der Waals surface area contributed by atoms with Crippen LogP contribution in [-0.2, 0) is 17.1 Å². The molecule has 0 saturated carbocycles. The molecule has 1 unspecified atom stereocenters. The van der Waals surface area contributed by atoms with Crippen molar-refractivity contribution in [2.45, 2.75) is 30.2 Å². The number of aryl methyl sites for hydroxylation is 1. The molecule has 17 heavy (non-hydrogen) atoms. The van der Waals surface area contributed by atoms with Crippen molar-refractivity contribution in [3.05, 3.63) is 12.4 Å². The van der Waals surface area contributed by atoms with E-state index in [1.807, 2.05) is 0 Å². The van der Waals surface area contributed by atoms with Gasteiger partial charge in [-0.3, -0.25) is 4.68 Å². The number of aliphatic hydroxyl groups excluding tert-OH is 1. The maximum absolute atomic E-state index is 12.3. The molecule has 96 valence electrons. The van der Waals surface area contributed by atoms with Crippen molar-refractivity contribution in [2.75, 3.05) is 13.2 Å². The number of hydrogen-bond acceptors (Lipinski definition) is 4. The van der Waals surface area contributed by atoms with Crippen molar-refractivity contribution in [3.63, 3.8) is 0 Å². The van der Waals surface area contributed by atoms with Crippen LogP contribution in [0.1, 0.15) is 19.3 Å². The zero-order chi connectivity index (χ0) is 12.5. The Hall–Kier alpha value is -0.920. The summed E-state index contributed by atoms with van der Waals surface area (Å²) in [4.78, 5) is 0.195. The van der Waals surface area contributed by atoms with E-state index >= 15 is 0 Å². The normalized spacial score (nSPS) is 22.8. The Morgan fingerprint density at radius 3 is 2.88 bits per heavy atom. The number of piperidine rings is 1. The van der Waals surface area contributed by atoms with Gasteiger partial charge in [-0.2, -0.15) is 9.40 Å².